The second-order valence-corrected chi connectivity index (χ2v) is 6.09. The van der Waals surface area contributed by atoms with Gasteiger partial charge in [0.25, 0.3) is 0 Å². The molecule has 0 radical (unpaired) electrons. The molecule has 1 saturated carbocycles. The first-order valence-corrected chi connectivity index (χ1v) is 8.20. The Morgan fingerprint density at radius 3 is 2.68 bits per heavy atom. The van der Waals surface area contributed by atoms with Gasteiger partial charge in [-0.1, -0.05) is 56.0 Å². The summed E-state index contributed by atoms with van der Waals surface area (Å²) in [6.07, 6.45) is 13.8. The van der Waals surface area contributed by atoms with E-state index in [1.807, 2.05) is 6.92 Å². The van der Waals surface area contributed by atoms with Crippen LogP contribution in [0.15, 0.2) is 66.4 Å². The molecular weight excluding hydrogens is 266 g/mol. The number of allylic oxidation sites excluding steroid dienone is 6. The van der Waals surface area contributed by atoms with Crippen LogP contribution in [0.25, 0.3) is 5.57 Å². The minimum atomic E-state index is 0.627. The number of hydrogen-bond donors (Lipinski definition) is 1. The highest BCUT2D eigenvalue weighted by Gasteiger charge is 2.18. The summed E-state index contributed by atoms with van der Waals surface area (Å²) in [5.41, 5.74) is 11.3. The molecule has 1 heteroatoms. The maximum Gasteiger partial charge on any atom is 0.0270 e. The maximum atomic E-state index is 5.83. The molecule has 0 unspecified atom stereocenters. The van der Waals surface area contributed by atoms with Crippen LogP contribution in [0, 0.1) is 5.92 Å². The molecule has 0 saturated heterocycles. The molecule has 0 atom stereocenters. The minimum absolute atomic E-state index is 0.627. The quantitative estimate of drug-likeness (QED) is 0.668. The Balaban J connectivity index is 2.31. The minimum Gasteiger partial charge on any atom is -0.399 e. The van der Waals surface area contributed by atoms with E-state index < -0.39 is 0 Å². The van der Waals surface area contributed by atoms with Crippen molar-refractivity contribution in [2.24, 2.45) is 11.7 Å². The van der Waals surface area contributed by atoms with E-state index in [9.17, 15) is 0 Å². The summed E-state index contributed by atoms with van der Waals surface area (Å²) in [6.45, 7) is 8.04. The Morgan fingerprint density at radius 2 is 2.05 bits per heavy atom. The monoisotopic (exact) mass is 293 g/mol. The number of rotatable bonds is 7. The predicted octanol–water partition coefficient (Wildman–Crippen LogP) is 5.41. The average molecular weight is 293 g/mol. The van der Waals surface area contributed by atoms with Gasteiger partial charge in [0.2, 0.25) is 0 Å². The summed E-state index contributed by atoms with van der Waals surface area (Å²) in [7, 11) is 0. The average Bonchev–Trinajstić information content (AvgIpc) is 3.34. The van der Waals surface area contributed by atoms with Crippen molar-refractivity contribution in [3.63, 3.8) is 0 Å². The molecule has 0 aliphatic heterocycles. The van der Waals surface area contributed by atoms with Crippen molar-refractivity contribution in [3.05, 3.63) is 77.5 Å². The second-order valence-electron chi connectivity index (χ2n) is 6.09. The summed E-state index contributed by atoms with van der Waals surface area (Å²) in [5.74, 6) is 0.928. The van der Waals surface area contributed by atoms with E-state index in [4.69, 9.17) is 5.73 Å². The fraction of sp³-hybridized carbons (Fsp3) is 0.333. The molecule has 2 N–H and O–H groups in total. The molecule has 0 amide bonds. The van der Waals surface area contributed by atoms with Crippen LogP contribution in [0.4, 0.5) is 0 Å². The van der Waals surface area contributed by atoms with Crippen molar-refractivity contribution in [3.8, 4) is 0 Å². The number of benzene rings is 1. The van der Waals surface area contributed by atoms with Crippen LogP contribution in [-0.2, 0) is 6.42 Å². The second kappa shape index (κ2) is 7.84. The van der Waals surface area contributed by atoms with Crippen LogP contribution < -0.4 is 5.73 Å². The van der Waals surface area contributed by atoms with Gasteiger partial charge in [0, 0.05) is 5.70 Å². The lowest BCUT2D eigenvalue weighted by Gasteiger charge is -2.10. The first-order valence-electron chi connectivity index (χ1n) is 8.20. The predicted molar refractivity (Wildman–Crippen MR) is 97.4 cm³/mol. The molecule has 1 nitrogen and oxygen atoms in total. The molecule has 1 aromatic rings. The summed E-state index contributed by atoms with van der Waals surface area (Å²) < 4.78 is 0. The van der Waals surface area contributed by atoms with Gasteiger partial charge >= 0.3 is 0 Å². The Bertz CT molecular complexity index is 613. The first kappa shape index (κ1) is 16.4. The Hall–Kier alpha value is -2.02. The smallest absolute Gasteiger partial charge is 0.0270 e. The van der Waals surface area contributed by atoms with E-state index in [2.05, 4.69) is 62.1 Å². The lowest BCUT2D eigenvalue weighted by molar-refractivity contribution is 0.863. The summed E-state index contributed by atoms with van der Waals surface area (Å²) in [4.78, 5) is 0. The van der Waals surface area contributed by atoms with Gasteiger partial charge in [0.1, 0.15) is 0 Å². The molecule has 0 aromatic heterocycles. The van der Waals surface area contributed by atoms with Crippen LogP contribution >= 0.6 is 0 Å². The highest BCUT2D eigenvalue weighted by Crippen LogP contribution is 2.32. The fourth-order valence-electron chi connectivity index (χ4n) is 2.45. The molecule has 0 spiro atoms. The number of nitrogens with two attached hydrogens (primary N) is 1. The Kier molecular flexibility index (Phi) is 5.83. The van der Waals surface area contributed by atoms with Gasteiger partial charge in [0.15, 0.2) is 0 Å². The highest BCUT2D eigenvalue weighted by atomic mass is 14.6. The van der Waals surface area contributed by atoms with E-state index in [-0.39, 0.29) is 0 Å². The van der Waals surface area contributed by atoms with Crippen LogP contribution in [0.2, 0.25) is 0 Å². The van der Waals surface area contributed by atoms with E-state index >= 15 is 0 Å². The van der Waals surface area contributed by atoms with Gasteiger partial charge in [0.05, 0.1) is 0 Å². The van der Waals surface area contributed by atoms with Crippen LogP contribution in [0.5, 0.6) is 0 Å². The Labute approximate surface area is 134 Å². The lowest BCUT2D eigenvalue weighted by Crippen LogP contribution is -1.97. The van der Waals surface area contributed by atoms with Gasteiger partial charge < -0.3 is 5.73 Å². The summed E-state index contributed by atoms with van der Waals surface area (Å²) >= 11 is 0. The summed E-state index contributed by atoms with van der Waals surface area (Å²) in [5, 5.41) is 0. The molecule has 1 aliphatic rings. The summed E-state index contributed by atoms with van der Waals surface area (Å²) in [6, 6.07) is 8.57. The van der Waals surface area contributed by atoms with Crippen molar-refractivity contribution in [2.45, 2.75) is 39.5 Å². The van der Waals surface area contributed by atoms with Gasteiger partial charge in [-0.05, 0) is 66.9 Å². The molecule has 1 aromatic carbocycles. The van der Waals surface area contributed by atoms with E-state index in [1.54, 1.807) is 0 Å². The molecule has 0 bridgehead atoms. The zero-order valence-electron chi connectivity index (χ0n) is 13.8. The lowest BCUT2D eigenvalue weighted by atomic mass is 9.95. The van der Waals surface area contributed by atoms with Crippen molar-refractivity contribution >= 4 is 5.57 Å². The third-order valence-corrected chi connectivity index (χ3v) is 4.17. The zero-order valence-corrected chi connectivity index (χ0v) is 13.8. The molecular formula is C21H27N. The normalized spacial score (nSPS) is 16.3. The molecule has 116 valence electrons. The zero-order chi connectivity index (χ0) is 15.9. The number of hydrogen-bond acceptors (Lipinski definition) is 1. The molecule has 0 heterocycles. The number of aryl methyl sites for hydroxylation is 1. The highest BCUT2D eigenvalue weighted by molar-refractivity contribution is 5.78. The van der Waals surface area contributed by atoms with Crippen molar-refractivity contribution in [1.82, 2.24) is 0 Å². The van der Waals surface area contributed by atoms with Gasteiger partial charge in [-0.25, -0.2) is 0 Å². The maximum absolute atomic E-state index is 5.83. The SMILES string of the molecule is C=C(N)/C(C)=C/C(=C\C=C/CC1CC1)c1ccccc1CC. The van der Waals surface area contributed by atoms with E-state index in [0.29, 0.717) is 5.70 Å². The fourth-order valence-corrected chi connectivity index (χ4v) is 2.45. The van der Waals surface area contributed by atoms with Gasteiger partial charge in [-0.15, -0.1) is 0 Å². The standard InChI is InChI=1S/C21H27N/c1-4-19-10-7-8-12-21(19)20(15-16(2)17(3)22)11-6-5-9-18-13-14-18/h5-8,10-12,15,18H,3-4,9,13-14,22H2,1-2H3/b6-5-,16-15+,20-11+. The Morgan fingerprint density at radius 1 is 1.32 bits per heavy atom. The largest absolute Gasteiger partial charge is 0.399 e. The first-order chi connectivity index (χ1) is 10.6. The third kappa shape index (κ3) is 4.77. The molecule has 2 rings (SSSR count). The van der Waals surface area contributed by atoms with Gasteiger partial charge in [-0.3, -0.25) is 0 Å². The van der Waals surface area contributed by atoms with Crippen LogP contribution in [-0.4, -0.2) is 0 Å². The molecule has 1 fully saturated rings. The third-order valence-electron chi connectivity index (χ3n) is 4.17. The molecule has 1 aliphatic carbocycles. The van der Waals surface area contributed by atoms with Crippen LogP contribution in [0.3, 0.4) is 0 Å². The van der Waals surface area contributed by atoms with Crippen molar-refractivity contribution in [1.29, 1.82) is 0 Å². The van der Waals surface area contributed by atoms with Crippen LogP contribution in [0.1, 0.15) is 44.2 Å². The molecule has 22 heavy (non-hydrogen) atoms. The van der Waals surface area contributed by atoms with E-state index in [1.165, 1.54) is 36.0 Å². The van der Waals surface area contributed by atoms with Crippen molar-refractivity contribution < 1.29 is 0 Å². The van der Waals surface area contributed by atoms with Crippen molar-refractivity contribution in [2.75, 3.05) is 0 Å². The van der Waals surface area contributed by atoms with Gasteiger partial charge in [-0.2, -0.15) is 0 Å². The van der Waals surface area contributed by atoms with E-state index in [0.717, 1.165) is 17.9 Å². The topological polar surface area (TPSA) is 26.0 Å².